The highest BCUT2D eigenvalue weighted by atomic mass is 16.5. The smallest absolute Gasteiger partial charge is 0.0474 e. The monoisotopic (exact) mass is 253 g/mol. The van der Waals surface area contributed by atoms with Crippen molar-refractivity contribution in [1.29, 1.82) is 0 Å². The SMILES string of the molecule is OCC1CCCC1NC1CCCC12CCOCC2. The first-order chi connectivity index (χ1) is 8.84. The van der Waals surface area contributed by atoms with Crippen molar-refractivity contribution >= 4 is 0 Å². The summed E-state index contributed by atoms with van der Waals surface area (Å²) in [4.78, 5) is 0. The Morgan fingerprint density at radius 1 is 1.06 bits per heavy atom. The summed E-state index contributed by atoms with van der Waals surface area (Å²) in [6, 6.07) is 1.25. The van der Waals surface area contributed by atoms with Gasteiger partial charge in [0.25, 0.3) is 0 Å². The Kier molecular flexibility index (Phi) is 3.92. The third-order valence-electron chi connectivity index (χ3n) is 5.70. The van der Waals surface area contributed by atoms with Gasteiger partial charge in [0.05, 0.1) is 0 Å². The quantitative estimate of drug-likeness (QED) is 0.809. The van der Waals surface area contributed by atoms with E-state index in [4.69, 9.17) is 4.74 Å². The fourth-order valence-corrected chi connectivity index (χ4v) is 4.51. The highest BCUT2D eigenvalue weighted by Crippen LogP contribution is 2.46. The maximum absolute atomic E-state index is 9.45. The van der Waals surface area contributed by atoms with Gasteiger partial charge >= 0.3 is 0 Å². The van der Waals surface area contributed by atoms with Gasteiger partial charge in [-0.05, 0) is 49.9 Å². The molecule has 3 atom stereocenters. The van der Waals surface area contributed by atoms with Crippen LogP contribution in [0.4, 0.5) is 0 Å². The van der Waals surface area contributed by atoms with Crippen LogP contribution >= 0.6 is 0 Å². The van der Waals surface area contributed by atoms with Crippen molar-refractivity contribution in [3.63, 3.8) is 0 Å². The lowest BCUT2D eigenvalue weighted by atomic mass is 9.75. The van der Waals surface area contributed by atoms with E-state index < -0.39 is 0 Å². The molecule has 2 saturated carbocycles. The van der Waals surface area contributed by atoms with E-state index in [-0.39, 0.29) is 0 Å². The third-order valence-corrected chi connectivity index (χ3v) is 5.70. The summed E-state index contributed by atoms with van der Waals surface area (Å²) < 4.78 is 5.55. The lowest BCUT2D eigenvalue weighted by Crippen LogP contribution is -2.50. The lowest BCUT2D eigenvalue weighted by Gasteiger charge is -2.41. The number of nitrogens with one attached hydrogen (secondary N) is 1. The van der Waals surface area contributed by atoms with Gasteiger partial charge < -0.3 is 15.2 Å². The molecule has 3 unspecified atom stereocenters. The average molecular weight is 253 g/mol. The zero-order chi connectivity index (χ0) is 12.4. The van der Waals surface area contributed by atoms with Gasteiger partial charge in [-0.2, -0.15) is 0 Å². The molecule has 0 aromatic heterocycles. The Morgan fingerprint density at radius 2 is 1.89 bits per heavy atom. The minimum Gasteiger partial charge on any atom is -0.396 e. The number of rotatable bonds is 3. The number of aliphatic hydroxyl groups excluding tert-OH is 1. The molecular formula is C15H27NO2. The largest absolute Gasteiger partial charge is 0.396 e. The van der Waals surface area contributed by atoms with Crippen molar-refractivity contribution in [2.75, 3.05) is 19.8 Å². The number of ether oxygens (including phenoxy) is 1. The van der Waals surface area contributed by atoms with Crippen LogP contribution < -0.4 is 5.32 Å². The van der Waals surface area contributed by atoms with Gasteiger partial charge in [0.15, 0.2) is 0 Å². The summed E-state index contributed by atoms with van der Waals surface area (Å²) in [7, 11) is 0. The van der Waals surface area contributed by atoms with Crippen molar-refractivity contribution in [2.24, 2.45) is 11.3 Å². The molecule has 2 aliphatic carbocycles. The van der Waals surface area contributed by atoms with Gasteiger partial charge in [0, 0.05) is 31.9 Å². The molecule has 18 heavy (non-hydrogen) atoms. The van der Waals surface area contributed by atoms with E-state index in [1.54, 1.807) is 0 Å². The van der Waals surface area contributed by atoms with E-state index in [9.17, 15) is 5.11 Å². The molecule has 0 aromatic carbocycles. The second kappa shape index (κ2) is 5.48. The molecule has 3 aliphatic rings. The van der Waals surface area contributed by atoms with Crippen LogP contribution in [-0.4, -0.2) is 37.0 Å². The number of aliphatic hydroxyl groups is 1. The fourth-order valence-electron chi connectivity index (χ4n) is 4.51. The van der Waals surface area contributed by atoms with E-state index in [1.165, 1.54) is 51.4 Å². The molecule has 0 amide bonds. The first-order valence-electron chi connectivity index (χ1n) is 7.79. The van der Waals surface area contributed by atoms with Crippen LogP contribution in [0.15, 0.2) is 0 Å². The van der Waals surface area contributed by atoms with Crippen molar-refractivity contribution in [3.8, 4) is 0 Å². The number of hydrogen-bond donors (Lipinski definition) is 2. The van der Waals surface area contributed by atoms with E-state index in [0.29, 0.717) is 30.0 Å². The molecule has 0 aromatic rings. The first kappa shape index (κ1) is 12.9. The topological polar surface area (TPSA) is 41.5 Å². The standard InChI is InChI=1S/C15H27NO2/c17-11-12-3-1-4-13(12)16-14-5-2-6-15(14)7-9-18-10-8-15/h12-14,16-17H,1-11H2. The van der Waals surface area contributed by atoms with Crippen molar-refractivity contribution in [1.82, 2.24) is 5.32 Å². The Balaban J connectivity index is 1.64. The molecule has 1 aliphatic heterocycles. The average Bonchev–Trinajstić information content (AvgIpc) is 3.00. The van der Waals surface area contributed by atoms with Crippen molar-refractivity contribution in [2.45, 2.75) is 63.5 Å². The van der Waals surface area contributed by atoms with Gasteiger partial charge in [-0.3, -0.25) is 0 Å². The summed E-state index contributed by atoms with van der Waals surface area (Å²) in [5.41, 5.74) is 0.515. The maximum atomic E-state index is 9.45. The first-order valence-corrected chi connectivity index (χ1v) is 7.79. The minimum absolute atomic E-state index is 0.362. The Bertz CT molecular complexity index is 276. The summed E-state index contributed by atoms with van der Waals surface area (Å²) in [6.07, 6.45) is 10.3. The summed E-state index contributed by atoms with van der Waals surface area (Å²) >= 11 is 0. The predicted molar refractivity (Wildman–Crippen MR) is 71.5 cm³/mol. The van der Waals surface area contributed by atoms with Gasteiger partial charge in [0.1, 0.15) is 0 Å². The van der Waals surface area contributed by atoms with Gasteiger partial charge in [-0.15, -0.1) is 0 Å². The molecule has 0 bridgehead atoms. The van der Waals surface area contributed by atoms with Crippen LogP contribution in [0, 0.1) is 11.3 Å². The van der Waals surface area contributed by atoms with E-state index in [0.717, 1.165) is 13.2 Å². The molecular weight excluding hydrogens is 226 g/mol. The fraction of sp³-hybridized carbons (Fsp3) is 1.00. The Labute approximate surface area is 110 Å². The van der Waals surface area contributed by atoms with Gasteiger partial charge in [-0.1, -0.05) is 12.8 Å². The summed E-state index contributed by atoms with van der Waals surface area (Å²) in [6.45, 7) is 2.26. The van der Waals surface area contributed by atoms with Crippen molar-refractivity contribution in [3.05, 3.63) is 0 Å². The highest BCUT2D eigenvalue weighted by molar-refractivity contribution is 5.00. The normalized spacial score (nSPS) is 39.5. The third kappa shape index (κ3) is 2.33. The van der Waals surface area contributed by atoms with Crippen LogP contribution in [0.5, 0.6) is 0 Å². The maximum Gasteiger partial charge on any atom is 0.0474 e. The molecule has 1 spiro atoms. The lowest BCUT2D eigenvalue weighted by molar-refractivity contribution is 0.000981. The molecule has 1 saturated heterocycles. The van der Waals surface area contributed by atoms with Crippen LogP contribution in [-0.2, 0) is 4.74 Å². The van der Waals surface area contributed by atoms with E-state index in [2.05, 4.69) is 5.32 Å². The Hall–Kier alpha value is -0.120. The molecule has 0 radical (unpaired) electrons. The van der Waals surface area contributed by atoms with Crippen LogP contribution in [0.1, 0.15) is 51.4 Å². The van der Waals surface area contributed by atoms with Crippen molar-refractivity contribution < 1.29 is 9.84 Å². The van der Waals surface area contributed by atoms with Gasteiger partial charge in [0.2, 0.25) is 0 Å². The number of hydrogen-bond acceptors (Lipinski definition) is 3. The zero-order valence-corrected chi connectivity index (χ0v) is 11.4. The van der Waals surface area contributed by atoms with E-state index >= 15 is 0 Å². The molecule has 104 valence electrons. The minimum atomic E-state index is 0.362. The summed E-state index contributed by atoms with van der Waals surface area (Å²) in [5.74, 6) is 0.502. The molecule has 2 N–H and O–H groups in total. The highest BCUT2D eigenvalue weighted by Gasteiger charge is 2.45. The molecule has 1 heterocycles. The second-order valence-electron chi connectivity index (χ2n) is 6.57. The molecule has 3 nitrogen and oxygen atoms in total. The zero-order valence-electron chi connectivity index (χ0n) is 11.4. The van der Waals surface area contributed by atoms with Gasteiger partial charge in [-0.25, -0.2) is 0 Å². The molecule has 3 heteroatoms. The summed E-state index contributed by atoms with van der Waals surface area (Å²) in [5, 5.41) is 13.4. The van der Waals surface area contributed by atoms with Crippen LogP contribution in [0.2, 0.25) is 0 Å². The van der Waals surface area contributed by atoms with Crippen LogP contribution in [0.25, 0.3) is 0 Å². The molecule has 3 fully saturated rings. The second-order valence-corrected chi connectivity index (χ2v) is 6.57. The Morgan fingerprint density at radius 3 is 2.67 bits per heavy atom. The molecule has 3 rings (SSSR count). The van der Waals surface area contributed by atoms with Crippen LogP contribution in [0.3, 0.4) is 0 Å². The van der Waals surface area contributed by atoms with E-state index in [1.807, 2.05) is 0 Å². The predicted octanol–water partition coefficient (Wildman–Crippen LogP) is 2.09.